The molecule has 0 aliphatic carbocycles. The van der Waals surface area contributed by atoms with Gasteiger partial charge in [-0.1, -0.05) is 31.2 Å². The molecule has 9 heteroatoms. The van der Waals surface area contributed by atoms with E-state index in [-0.39, 0.29) is 17.3 Å². The number of amides is 1. The van der Waals surface area contributed by atoms with E-state index < -0.39 is 10.0 Å². The van der Waals surface area contributed by atoms with Gasteiger partial charge in [0.1, 0.15) is 0 Å². The van der Waals surface area contributed by atoms with Gasteiger partial charge in [0.15, 0.2) is 0 Å². The minimum Gasteiger partial charge on any atom is -0.379 e. The van der Waals surface area contributed by atoms with E-state index in [1.165, 1.54) is 4.31 Å². The minimum absolute atomic E-state index is 0.212. The van der Waals surface area contributed by atoms with Gasteiger partial charge >= 0.3 is 0 Å². The molecule has 0 atom stereocenters. The van der Waals surface area contributed by atoms with Crippen molar-refractivity contribution in [2.24, 2.45) is 0 Å². The van der Waals surface area contributed by atoms with Crippen LogP contribution in [0.4, 0.5) is 0 Å². The summed E-state index contributed by atoms with van der Waals surface area (Å²) in [6.07, 6.45) is 2.25. The second kappa shape index (κ2) is 9.86. The lowest BCUT2D eigenvalue weighted by atomic mass is 10.1. The van der Waals surface area contributed by atoms with Crippen LogP contribution in [0.15, 0.2) is 59.6 Å². The topological polar surface area (TPSA) is 93.5 Å². The maximum Gasteiger partial charge on any atom is 0.255 e. The van der Waals surface area contributed by atoms with Crippen LogP contribution < -0.4 is 5.32 Å². The van der Waals surface area contributed by atoms with E-state index in [0.29, 0.717) is 38.3 Å². The highest BCUT2D eigenvalue weighted by Crippen LogP contribution is 2.19. The third kappa shape index (κ3) is 5.00. The molecule has 33 heavy (non-hydrogen) atoms. The number of nitrogens with zero attached hydrogens (tertiary/aromatic N) is 3. The van der Waals surface area contributed by atoms with Gasteiger partial charge in [-0.3, -0.25) is 4.79 Å². The van der Waals surface area contributed by atoms with Crippen LogP contribution >= 0.6 is 0 Å². The molecule has 0 saturated carbocycles. The van der Waals surface area contributed by atoms with E-state index in [9.17, 15) is 13.2 Å². The van der Waals surface area contributed by atoms with Crippen LogP contribution in [0.3, 0.4) is 0 Å². The summed E-state index contributed by atoms with van der Waals surface area (Å²) >= 11 is 0. The Balaban J connectivity index is 1.44. The molecule has 0 bridgehead atoms. The third-order valence-electron chi connectivity index (χ3n) is 5.68. The number of hydrogen-bond acceptors (Lipinski definition) is 5. The monoisotopic (exact) mass is 468 g/mol. The molecule has 2 aromatic carbocycles. The summed E-state index contributed by atoms with van der Waals surface area (Å²) in [6, 6.07) is 14.6. The Kier molecular flexibility index (Phi) is 6.92. The third-order valence-corrected chi connectivity index (χ3v) is 7.59. The first-order valence-electron chi connectivity index (χ1n) is 11.0. The molecule has 4 rings (SSSR count). The number of carbonyl (C=O) groups excluding carboxylic acids is 1. The number of morpholine rings is 1. The molecule has 8 nitrogen and oxygen atoms in total. The summed E-state index contributed by atoms with van der Waals surface area (Å²) in [4.78, 5) is 13.1. The quantitative estimate of drug-likeness (QED) is 0.576. The first-order valence-corrected chi connectivity index (χ1v) is 12.4. The predicted octanol–water partition coefficient (Wildman–Crippen LogP) is 2.69. The van der Waals surface area contributed by atoms with Crippen LogP contribution in [0.5, 0.6) is 0 Å². The van der Waals surface area contributed by atoms with Gasteiger partial charge in [0.25, 0.3) is 5.91 Å². The van der Waals surface area contributed by atoms with Crippen molar-refractivity contribution in [2.75, 3.05) is 26.3 Å². The molecule has 1 aromatic heterocycles. The van der Waals surface area contributed by atoms with Crippen molar-refractivity contribution in [2.45, 2.75) is 31.7 Å². The molecule has 0 unspecified atom stereocenters. The van der Waals surface area contributed by atoms with E-state index in [2.05, 4.69) is 10.4 Å². The molecule has 2 heterocycles. The van der Waals surface area contributed by atoms with Crippen molar-refractivity contribution >= 4 is 15.9 Å². The van der Waals surface area contributed by atoms with Crippen LogP contribution in [0.25, 0.3) is 5.69 Å². The molecule has 1 N–H and O–H groups in total. The van der Waals surface area contributed by atoms with E-state index in [4.69, 9.17) is 4.74 Å². The normalized spacial score (nSPS) is 14.8. The molecule has 174 valence electrons. The lowest BCUT2D eigenvalue weighted by Gasteiger charge is -2.26. The van der Waals surface area contributed by atoms with Gasteiger partial charge in [0.2, 0.25) is 10.0 Å². The standard InChI is InChI=1S/C24H28N4O4S/c1-3-23-22(17-26-28(23)20-6-4-5-18(2)15-20)24(29)25-16-19-7-9-21(10-8-19)33(30,31)27-11-13-32-14-12-27/h4-10,15,17H,3,11-14,16H2,1-2H3,(H,25,29). The molecule has 3 aromatic rings. The van der Waals surface area contributed by atoms with Gasteiger partial charge in [-0.2, -0.15) is 9.40 Å². The highest BCUT2D eigenvalue weighted by Gasteiger charge is 2.26. The number of hydrogen-bond donors (Lipinski definition) is 1. The fourth-order valence-electron chi connectivity index (χ4n) is 3.88. The van der Waals surface area contributed by atoms with Crippen molar-refractivity contribution in [1.29, 1.82) is 0 Å². The van der Waals surface area contributed by atoms with Crippen LogP contribution in [-0.2, 0) is 27.7 Å². The number of benzene rings is 2. The Morgan fingerprint density at radius 2 is 1.85 bits per heavy atom. The number of nitrogens with one attached hydrogen (secondary N) is 1. The van der Waals surface area contributed by atoms with Crippen molar-refractivity contribution < 1.29 is 17.9 Å². The summed E-state index contributed by atoms with van der Waals surface area (Å²) < 4.78 is 34.0. The maximum absolute atomic E-state index is 12.9. The molecule has 1 aliphatic rings. The number of carbonyl (C=O) groups is 1. The van der Waals surface area contributed by atoms with E-state index in [1.54, 1.807) is 35.1 Å². The Morgan fingerprint density at radius 3 is 2.52 bits per heavy atom. The first-order chi connectivity index (χ1) is 15.9. The highest BCUT2D eigenvalue weighted by molar-refractivity contribution is 7.89. The molecule has 0 spiro atoms. The van der Waals surface area contributed by atoms with Gasteiger partial charge in [0.05, 0.1) is 41.3 Å². The Bertz CT molecular complexity index is 1230. The van der Waals surface area contributed by atoms with Crippen LogP contribution in [-0.4, -0.2) is 54.7 Å². The fraction of sp³-hybridized carbons (Fsp3) is 0.333. The fourth-order valence-corrected chi connectivity index (χ4v) is 5.29. The largest absolute Gasteiger partial charge is 0.379 e. The molecule has 0 radical (unpaired) electrons. The summed E-state index contributed by atoms with van der Waals surface area (Å²) in [7, 11) is -3.53. The van der Waals surface area contributed by atoms with Crippen molar-refractivity contribution in [3.63, 3.8) is 0 Å². The average Bonchev–Trinajstić information content (AvgIpc) is 3.28. The maximum atomic E-state index is 12.9. The van der Waals surface area contributed by atoms with Gasteiger partial charge in [-0.15, -0.1) is 0 Å². The molecule has 1 aliphatic heterocycles. The first kappa shape index (κ1) is 23.2. The molecule has 1 fully saturated rings. The van der Waals surface area contributed by atoms with Crippen LogP contribution in [0.1, 0.15) is 34.1 Å². The summed E-state index contributed by atoms with van der Waals surface area (Å²) in [5, 5.41) is 7.35. The lowest BCUT2D eigenvalue weighted by molar-refractivity contribution is 0.0730. The zero-order chi connectivity index (χ0) is 23.4. The van der Waals surface area contributed by atoms with E-state index in [1.807, 2.05) is 38.1 Å². The summed E-state index contributed by atoms with van der Waals surface area (Å²) in [5.41, 5.74) is 4.22. The number of ether oxygens (including phenoxy) is 1. The summed E-state index contributed by atoms with van der Waals surface area (Å²) in [5.74, 6) is -0.212. The van der Waals surface area contributed by atoms with Crippen molar-refractivity contribution in [3.05, 3.63) is 77.1 Å². The Morgan fingerprint density at radius 1 is 1.12 bits per heavy atom. The van der Waals surface area contributed by atoms with Crippen molar-refractivity contribution in [3.8, 4) is 5.69 Å². The van der Waals surface area contributed by atoms with E-state index >= 15 is 0 Å². The SMILES string of the molecule is CCc1c(C(=O)NCc2ccc(S(=O)(=O)N3CCOCC3)cc2)cnn1-c1cccc(C)c1. The van der Waals surface area contributed by atoms with Crippen LogP contribution in [0, 0.1) is 6.92 Å². The zero-order valence-corrected chi connectivity index (χ0v) is 19.6. The predicted molar refractivity (Wildman–Crippen MR) is 125 cm³/mol. The Labute approximate surface area is 194 Å². The summed E-state index contributed by atoms with van der Waals surface area (Å²) in [6.45, 7) is 5.83. The minimum atomic E-state index is -3.53. The molecule has 1 amide bonds. The van der Waals surface area contributed by atoms with Gasteiger partial charge in [0, 0.05) is 19.6 Å². The number of aromatic nitrogens is 2. The van der Waals surface area contributed by atoms with Crippen LogP contribution in [0.2, 0.25) is 0 Å². The lowest BCUT2D eigenvalue weighted by Crippen LogP contribution is -2.40. The number of sulfonamides is 1. The second-order valence-corrected chi connectivity index (χ2v) is 9.89. The van der Waals surface area contributed by atoms with Crippen molar-refractivity contribution in [1.82, 2.24) is 19.4 Å². The highest BCUT2D eigenvalue weighted by atomic mass is 32.2. The average molecular weight is 469 g/mol. The molecular formula is C24H28N4O4S. The number of aryl methyl sites for hydroxylation is 1. The zero-order valence-electron chi connectivity index (χ0n) is 18.8. The van der Waals surface area contributed by atoms with Gasteiger partial charge in [-0.05, 0) is 48.7 Å². The number of rotatable bonds is 7. The Hall–Kier alpha value is -3.01. The van der Waals surface area contributed by atoms with Gasteiger partial charge in [-0.25, -0.2) is 13.1 Å². The molecule has 1 saturated heterocycles. The van der Waals surface area contributed by atoms with E-state index in [0.717, 1.165) is 22.5 Å². The second-order valence-electron chi connectivity index (χ2n) is 7.95. The smallest absolute Gasteiger partial charge is 0.255 e. The molecular weight excluding hydrogens is 440 g/mol. The van der Waals surface area contributed by atoms with Gasteiger partial charge < -0.3 is 10.1 Å².